The predicted molar refractivity (Wildman–Crippen MR) is 42.8 cm³/mol. The third-order valence-corrected chi connectivity index (χ3v) is 1.62. The van der Waals surface area contributed by atoms with E-state index in [1.165, 1.54) is 17.5 Å². The van der Waals surface area contributed by atoms with Gasteiger partial charge in [-0.05, 0) is 31.2 Å². The highest BCUT2D eigenvalue weighted by Crippen LogP contribution is 2.05. The first kappa shape index (κ1) is 7.19. The number of rotatable bonds is 3. The lowest BCUT2D eigenvalue weighted by atomic mass is 10.2. The van der Waals surface area contributed by atoms with Crippen molar-refractivity contribution in [3.8, 4) is 0 Å². The predicted octanol–water partition coefficient (Wildman–Crippen LogP) is 2.65. The van der Waals surface area contributed by atoms with Crippen molar-refractivity contribution in [1.29, 1.82) is 0 Å². The van der Waals surface area contributed by atoms with Crippen LogP contribution in [-0.2, 0) is 6.42 Å². The van der Waals surface area contributed by atoms with E-state index in [0.29, 0.717) is 0 Å². The van der Waals surface area contributed by atoms with Crippen LogP contribution in [0.15, 0.2) is 18.3 Å². The Morgan fingerprint density at radius 3 is 2.90 bits per heavy atom. The van der Waals surface area contributed by atoms with Gasteiger partial charge in [0, 0.05) is 5.69 Å². The second-order valence-electron chi connectivity index (χ2n) is 2.47. The maximum absolute atomic E-state index is 7.35. The molecule has 2 heteroatoms. The lowest BCUT2D eigenvalue weighted by molar-refractivity contribution is 0.761. The van der Waals surface area contributed by atoms with Gasteiger partial charge < -0.3 is 10.5 Å². The number of aromatic nitrogens is 1. The Labute approximate surface area is 61.6 Å². The van der Waals surface area contributed by atoms with Crippen LogP contribution in [0.5, 0.6) is 0 Å². The fraction of sp³-hybridized carbons (Fsp3) is 0.500. The molecule has 0 amide bonds. The van der Waals surface area contributed by atoms with E-state index >= 15 is 0 Å². The summed E-state index contributed by atoms with van der Waals surface area (Å²) in [4.78, 5) is 0. The van der Waals surface area contributed by atoms with Gasteiger partial charge in [0.25, 0.3) is 0 Å². The first-order valence-corrected chi connectivity index (χ1v) is 3.72. The van der Waals surface area contributed by atoms with Gasteiger partial charge in [-0.2, -0.15) is 0 Å². The van der Waals surface area contributed by atoms with Gasteiger partial charge in [0.15, 0.2) is 0 Å². The number of nitrogens with zero attached hydrogens (tertiary/aromatic N) is 1. The van der Waals surface area contributed by atoms with Crippen LogP contribution in [0.25, 0.3) is 5.84 Å². The van der Waals surface area contributed by atoms with Gasteiger partial charge in [-0.25, -0.2) is 0 Å². The summed E-state index contributed by atoms with van der Waals surface area (Å²) in [7, 11) is 0. The highest BCUT2D eigenvalue weighted by atomic mass is 15.3. The summed E-state index contributed by atoms with van der Waals surface area (Å²) < 4.78 is 1.44. The summed E-state index contributed by atoms with van der Waals surface area (Å²) in [5, 5.41) is 0. The van der Waals surface area contributed by atoms with Gasteiger partial charge in [0.1, 0.15) is 0 Å². The lowest BCUT2D eigenvalue weighted by Crippen LogP contribution is -1.90. The lowest BCUT2D eigenvalue weighted by Gasteiger charge is -2.09. The van der Waals surface area contributed by atoms with Crippen molar-refractivity contribution in [2.24, 2.45) is 0 Å². The van der Waals surface area contributed by atoms with Crippen molar-refractivity contribution in [2.75, 3.05) is 0 Å². The van der Waals surface area contributed by atoms with E-state index in [1.54, 1.807) is 6.20 Å². The summed E-state index contributed by atoms with van der Waals surface area (Å²) in [6.45, 7) is 2.16. The molecule has 10 heavy (non-hydrogen) atoms. The van der Waals surface area contributed by atoms with Crippen molar-refractivity contribution in [2.45, 2.75) is 26.2 Å². The van der Waals surface area contributed by atoms with Crippen LogP contribution in [0.1, 0.15) is 25.5 Å². The molecule has 0 aliphatic heterocycles. The number of unbranched alkanes of at least 4 members (excludes halogenated alkanes) is 1. The molecule has 0 aromatic carbocycles. The van der Waals surface area contributed by atoms with Gasteiger partial charge in [-0.15, -0.1) is 0 Å². The first-order chi connectivity index (χ1) is 4.84. The van der Waals surface area contributed by atoms with Crippen LogP contribution < -0.4 is 0 Å². The van der Waals surface area contributed by atoms with Crippen molar-refractivity contribution in [3.05, 3.63) is 29.9 Å². The van der Waals surface area contributed by atoms with E-state index in [-0.39, 0.29) is 0 Å². The zero-order valence-electron chi connectivity index (χ0n) is 6.30. The first-order valence-electron chi connectivity index (χ1n) is 3.72. The Bertz CT molecular complexity index is 191. The van der Waals surface area contributed by atoms with Gasteiger partial charge >= 0.3 is 0 Å². The average Bonchev–Trinajstić information content (AvgIpc) is 2.31. The smallest absolute Gasteiger partial charge is 0.00347 e. The second kappa shape index (κ2) is 3.30. The maximum Gasteiger partial charge on any atom is 0.00347 e. The molecule has 0 aliphatic rings. The minimum Gasteiger partial charge on any atom is -0.632 e. The molecular formula is C8H13N2-. The van der Waals surface area contributed by atoms with Crippen LogP contribution in [-0.4, -0.2) is 4.68 Å². The molecule has 56 valence electrons. The Balaban J connectivity index is 2.49. The van der Waals surface area contributed by atoms with Crippen molar-refractivity contribution in [1.82, 2.24) is 4.68 Å². The molecule has 1 aromatic rings. The van der Waals surface area contributed by atoms with Gasteiger partial charge in [0.05, 0.1) is 0 Å². The van der Waals surface area contributed by atoms with E-state index in [9.17, 15) is 0 Å². The fourth-order valence-electron chi connectivity index (χ4n) is 0.978. The molecule has 0 spiro atoms. The fourth-order valence-corrected chi connectivity index (χ4v) is 0.978. The van der Waals surface area contributed by atoms with Crippen LogP contribution >= 0.6 is 0 Å². The maximum atomic E-state index is 7.35. The number of hydrogen-bond donors (Lipinski definition) is 0. The molecule has 1 rings (SSSR count). The van der Waals surface area contributed by atoms with Gasteiger partial charge in [-0.1, -0.05) is 13.3 Å². The van der Waals surface area contributed by atoms with E-state index < -0.39 is 0 Å². The summed E-state index contributed by atoms with van der Waals surface area (Å²) in [6, 6.07) is 3.92. The summed E-state index contributed by atoms with van der Waals surface area (Å²) >= 11 is 0. The number of aryl methyl sites for hydroxylation is 1. The van der Waals surface area contributed by atoms with E-state index in [2.05, 4.69) is 6.92 Å². The molecule has 1 aromatic heterocycles. The molecule has 1 heterocycles. The Kier molecular flexibility index (Phi) is 2.37. The minimum atomic E-state index is 1.03. The second-order valence-corrected chi connectivity index (χ2v) is 2.47. The van der Waals surface area contributed by atoms with E-state index in [4.69, 9.17) is 5.84 Å². The zero-order valence-corrected chi connectivity index (χ0v) is 6.30. The average molecular weight is 137 g/mol. The third-order valence-electron chi connectivity index (χ3n) is 1.62. The van der Waals surface area contributed by atoms with Crippen LogP contribution in [0.2, 0.25) is 0 Å². The quantitative estimate of drug-likeness (QED) is 0.612. The molecule has 0 saturated heterocycles. The molecule has 0 unspecified atom stereocenters. The molecule has 1 N–H and O–H groups in total. The third kappa shape index (κ3) is 1.53. The molecule has 0 bridgehead atoms. The van der Waals surface area contributed by atoms with Crippen molar-refractivity contribution in [3.63, 3.8) is 0 Å². The normalized spacial score (nSPS) is 10.1. The van der Waals surface area contributed by atoms with Gasteiger partial charge in [-0.3, -0.25) is 0 Å². The SMILES string of the molecule is CCCCc1cccn1[NH-]. The topological polar surface area (TPSA) is 28.7 Å². The van der Waals surface area contributed by atoms with Gasteiger partial charge in [0.2, 0.25) is 0 Å². The van der Waals surface area contributed by atoms with Crippen LogP contribution in [0.3, 0.4) is 0 Å². The minimum absolute atomic E-state index is 1.03. The van der Waals surface area contributed by atoms with E-state index in [1.807, 2.05) is 12.1 Å². The zero-order chi connectivity index (χ0) is 7.40. The molecule has 0 fully saturated rings. The Morgan fingerprint density at radius 2 is 2.40 bits per heavy atom. The monoisotopic (exact) mass is 137 g/mol. The Hall–Kier alpha value is -0.920. The molecule has 0 radical (unpaired) electrons. The highest BCUT2D eigenvalue weighted by Gasteiger charge is 1.90. The molecule has 2 nitrogen and oxygen atoms in total. The van der Waals surface area contributed by atoms with E-state index in [0.717, 1.165) is 12.1 Å². The van der Waals surface area contributed by atoms with Crippen LogP contribution in [0, 0.1) is 0 Å². The Morgan fingerprint density at radius 1 is 1.60 bits per heavy atom. The molecule has 0 atom stereocenters. The standard InChI is InChI=1S/C8H13N2/c1-2-3-5-8-6-4-7-10(8)9/h4,6-7,9H,2-3,5H2,1H3/q-1. The summed E-state index contributed by atoms with van der Waals surface area (Å²) in [5.41, 5.74) is 1.11. The molecule has 0 saturated carbocycles. The molecule has 0 aliphatic carbocycles. The number of hydrogen-bond acceptors (Lipinski definition) is 0. The molecular weight excluding hydrogens is 124 g/mol. The van der Waals surface area contributed by atoms with Crippen LogP contribution in [0.4, 0.5) is 0 Å². The largest absolute Gasteiger partial charge is 0.632 e. The highest BCUT2D eigenvalue weighted by molar-refractivity contribution is 5.08. The summed E-state index contributed by atoms with van der Waals surface area (Å²) in [6.07, 6.45) is 5.19. The van der Waals surface area contributed by atoms with Crippen molar-refractivity contribution < 1.29 is 0 Å². The van der Waals surface area contributed by atoms with Crippen molar-refractivity contribution >= 4 is 0 Å². The summed E-state index contributed by atoms with van der Waals surface area (Å²) in [5.74, 6) is 7.35. The number of nitrogens with one attached hydrogen (secondary N) is 1.